The summed E-state index contributed by atoms with van der Waals surface area (Å²) in [5, 5.41) is 14.3. The summed E-state index contributed by atoms with van der Waals surface area (Å²) < 4.78 is 44.3. The number of halogens is 3. The predicted molar refractivity (Wildman–Crippen MR) is 132 cm³/mol. The Morgan fingerprint density at radius 3 is 2.20 bits per heavy atom. The fourth-order valence-corrected chi connectivity index (χ4v) is 4.42. The van der Waals surface area contributed by atoms with Crippen molar-refractivity contribution in [1.82, 2.24) is 10.6 Å². The van der Waals surface area contributed by atoms with E-state index in [0.717, 1.165) is 5.92 Å². The third kappa shape index (κ3) is 9.18. The quantitative estimate of drug-likeness (QED) is 0.503. The molecular weight excluding hydrogens is 457 g/mol. The average Bonchev–Trinajstić information content (AvgIpc) is 3.29. The molecular formula is C27H37F3N2O3. The molecule has 0 aromatic heterocycles. The summed E-state index contributed by atoms with van der Waals surface area (Å²) in [6.45, 7) is 1.57. The third-order valence-electron chi connectivity index (χ3n) is 6.08. The molecule has 5 nitrogen and oxygen atoms in total. The molecule has 1 aliphatic heterocycles. The Kier molecular flexibility index (Phi) is 11.5. The van der Waals surface area contributed by atoms with E-state index in [4.69, 9.17) is 9.84 Å². The Morgan fingerprint density at radius 1 is 1.03 bits per heavy atom. The van der Waals surface area contributed by atoms with Crippen molar-refractivity contribution in [3.05, 3.63) is 65.2 Å². The zero-order valence-electron chi connectivity index (χ0n) is 20.7. The van der Waals surface area contributed by atoms with Crippen molar-refractivity contribution < 1.29 is 27.8 Å². The molecule has 3 N–H and O–H groups in total. The first-order valence-electron chi connectivity index (χ1n) is 12.1. The van der Waals surface area contributed by atoms with Gasteiger partial charge in [-0.1, -0.05) is 61.7 Å². The minimum absolute atomic E-state index is 0.0794. The third-order valence-corrected chi connectivity index (χ3v) is 6.08. The van der Waals surface area contributed by atoms with Gasteiger partial charge in [-0.25, -0.2) is 0 Å². The van der Waals surface area contributed by atoms with Crippen LogP contribution in [0.2, 0.25) is 0 Å². The maximum atomic E-state index is 13.0. The van der Waals surface area contributed by atoms with Crippen molar-refractivity contribution in [3.8, 4) is 5.75 Å². The molecule has 194 valence electrons. The second-order valence-corrected chi connectivity index (χ2v) is 8.97. The van der Waals surface area contributed by atoms with Crippen molar-refractivity contribution in [2.24, 2.45) is 0 Å². The van der Waals surface area contributed by atoms with Gasteiger partial charge in [0.05, 0.1) is 0 Å². The largest absolute Gasteiger partial charge is 0.488 e. The summed E-state index contributed by atoms with van der Waals surface area (Å²) in [6, 6.07) is 14.3. The Hall–Kier alpha value is -2.58. The molecule has 1 saturated carbocycles. The van der Waals surface area contributed by atoms with Crippen LogP contribution in [0, 0.1) is 6.92 Å². The van der Waals surface area contributed by atoms with Gasteiger partial charge in [0.2, 0.25) is 0 Å². The fourth-order valence-electron chi connectivity index (χ4n) is 4.42. The van der Waals surface area contributed by atoms with Gasteiger partial charge < -0.3 is 20.5 Å². The Morgan fingerprint density at radius 2 is 1.66 bits per heavy atom. The highest BCUT2D eigenvalue weighted by atomic mass is 19.4. The highest BCUT2D eigenvalue weighted by Gasteiger charge is 2.38. The number of aliphatic carboxylic acids is 1. The van der Waals surface area contributed by atoms with Crippen LogP contribution in [-0.2, 0) is 11.0 Å². The van der Waals surface area contributed by atoms with E-state index in [1.165, 1.54) is 57.2 Å². The normalized spacial score (nSPS) is 20.2. The molecule has 0 bridgehead atoms. The molecule has 8 heteroatoms. The van der Waals surface area contributed by atoms with Gasteiger partial charge in [-0.05, 0) is 57.0 Å². The van der Waals surface area contributed by atoms with Crippen LogP contribution in [0.5, 0.6) is 5.75 Å². The zero-order valence-corrected chi connectivity index (χ0v) is 20.7. The van der Waals surface area contributed by atoms with Crippen molar-refractivity contribution >= 4 is 5.97 Å². The maximum absolute atomic E-state index is 13.0. The molecule has 2 aromatic rings. The van der Waals surface area contributed by atoms with Crippen LogP contribution >= 0.6 is 0 Å². The number of carboxylic acid groups (broad SMARTS) is 1. The van der Waals surface area contributed by atoms with Crippen molar-refractivity contribution in [2.75, 3.05) is 20.6 Å². The number of alkyl halides is 3. The first-order chi connectivity index (χ1) is 16.7. The van der Waals surface area contributed by atoms with Gasteiger partial charge >= 0.3 is 12.1 Å². The molecule has 2 fully saturated rings. The van der Waals surface area contributed by atoms with E-state index in [9.17, 15) is 18.0 Å². The molecule has 4 rings (SSSR count). The molecule has 2 aliphatic rings. The fraction of sp³-hybridized carbons (Fsp3) is 0.519. The van der Waals surface area contributed by atoms with E-state index < -0.39 is 29.9 Å². The SMILES string of the molecule is CNC.Cc1cccc(OC2CNC(C(=O)O)C2)c1C(F)(F)F.c1ccc(C2CCCCC2)cc1. The number of benzene rings is 2. The maximum Gasteiger partial charge on any atom is 0.420 e. The number of aryl methyl sites for hydroxylation is 1. The van der Waals surface area contributed by atoms with Gasteiger partial charge in [-0.15, -0.1) is 0 Å². The van der Waals surface area contributed by atoms with Crippen LogP contribution in [0.25, 0.3) is 0 Å². The first-order valence-corrected chi connectivity index (χ1v) is 12.1. The molecule has 35 heavy (non-hydrogen) atoms. The molecule has 2 unspecified atom stereocenters. The lowest BCUT2D eigenvalue weighted by Crippen LogP contribution is -2.30. The second kappa shape index (κ2) is 14.1. The summed E-state index contributed by atoms with van der Waals surface area (Å²) in [6.07, 6.45) is 2.18. The van der Waals surface area contributed by atoms with Gasteiger partial charge in [0.1, 0.15) is 23.5 Å². The molecule has 2 aromatic carbocycles. The van der Waals surface area contributed by atoms with Gasteiger partial charge in [0.15, 0.2) is 0 Å². The monoisotopic (exact) mass is 494 g/mol. The Balaban J connectivity index is 0.000000243. The van der Waals surface area contributed by atoms with Gasteiger partial charge in [-0.2, -0.15) is 13.2 Å². The number of ether oxygens (including phenoxy) is 1. The number of carboxylic acids is 1. The van der Waals surface area contributed by atoms with E-state index in [1.54, 1.807) is 5.56 Å². The van der Waals surface area contributed by atoms with Gasteiger partial charge in [0, 0.05) is 13.0 Å². The summed E-state index contributed by atoms with van der Waals surface area (Å²) >= 11 is 0. The van der Waals surface area contributed by atoms with Gasteiger partial charge in [-0.3, -0.25) is 4.79 Å². The van der Waals surface area contributed by atoms with Crippen molar-refractivity contribution in [3.63, 3.8) is 0 Å². The molecule has 2 atom stereocenters. The van der Waals surface area contributed by atoms with Crippen LogP contribution in [0.3, 0.4) is 0 Å². The molecule has 0 spiro atoms. The lowest BCUT2D eigenvalue weighted by Gasteiger charge is -2.21. The molecule has 0 amide bonds. The summed E-state index contributed by atoms with van der Waals surface area (Å²) in [5.41, 5.74) is 0.826. The smallest absolute Gasteiger partial charge is 0.420 e. The molecule has 1 saturated heterocycles. The highest BCUT2D eigenvalue weighted by molar-refractivity contribution is 5.73. The van der Waals surface area contributed by atoms with E-state index in [-0.39, 0.29) is 24.3 Å². The van der Waals surface area contributed by atoms with E-state index in [0.29, 0.717) is 0 Å². The van der Waals surface area contributed by atoms with E-state index in [1.807, 2.05) is 14.1 Å². The van der Waals surface area contributed by atoms with Crippen LogP contribution in [-0.4, -0.2) is 43.9 Å². The molecule has 1 heterocycles. The minimum Gasteiger partial charge on any atom is -0.488 e. The number of hydrogen-bond acceptors (Lipinski definition) is 4. The molecule has 1 aliphatic carbocycles. The topological polar surface area (TPSA) is 70.6 Å². The highest BCUT2D eigenvalue weighted by Crippen LogP contribution is 2.39. The lowest BCUT2D eigenvalue weighted by atomic mass is 9.84. The second-order valence-electron chi connectivity index (χ2n) is 8.97. The molecule has 0 radical (unpaired) electrons. The van der Waals surface area contributed by atoms with E-state index in [2.05, 4.69) is 41.0 Å². The number of hydrogen-bond donors (Lipinski definition) is 3. The number of nitrogens with one attached hydrogen (secondary N) is 2. The van der Waals surface area contributed by atoms with Crippen LogP contribution in [0.4, 0.5) is 13.2 Å². The van der Waals surface area contributed by atoms with Crippen LogP contribution < -0.4 is 15.4 Å². The zero-order chi connectivity index (χ0) is 25.8. The van der Waals surface area contributed by atoms with Crippen LogP contribution in [0.1, 0.15) is 61.1 Å². The Bertz CT molecular complexity index is 900. The number of carbonyl (C=O) groups is 1. The summed E-state index contributed by atoms with van der Waals surface area (Å²) in [7, 11) is 3.75. The predicted octanol–water partition coefficient (Wildman–Crippen LogP) is 5.78. The first kappa shape index (κ1) is 28.7. The summed E-state index contributed by atoms with van der Waals surface area (Å²) in [4.78, 5) is 10.8. The van der Waals surface area contributed by atoms with Gasteiger partial charge in [0.25, 0.3) is 0 Å². The number of rotatable bonds is 4. The lowest BCUT2D eigenvalue weighted by molar-refractivity contribution is -0.141. The van der Waals surface area contributed by atoms with E-state index >= 15 is 0 Å². The Labute approximate surface area is 206 Å². The minimum atomic E-state index is -4.50. The summed E-state index contributed by atoms with van der Waals surface area (Å²) in [5.74, 6) is -0.424. The average molecular weight is 495 g/mol. The standard InChI is InChI=1S/C13H14F3NO3.C12H16.C2H7N/c1-7-3-2-4-10(11(7)13(14,15)16)20-8-5-9(12(18)19)17-6-8;1-3-7-11(8-4-1)12-9-5-2-6-10-12;1-3-2/h2-4,8-9,17H,5-6H2,1H3,(H,18,19);1,3-4,7-8,12H,2,5-6,9-10H2;3H,1-2H3. The van der Waals surface area contributed by atoms with Crippen molar-refractivity contribution in [1.29, 1.82) is 0 Å². The van der Waals surface area contributed by atoms with Crippen molar-refractivity contribution in [2.45, 2.75) is 69.7 Å². The van der Waals surface area contributed by atoms with Crippen LogP contribution in [0.15, 0.2) is 48.5 Å².